The zero-order valence-corrected chi connectivity index (χ0v) is 25.5. The summed E-state index contributed by atoms with van der Waals surface area (Å²) in [6.45, 7) is 2.73. The second kappa shape index (κ2) is 13.2. The molecule has 11 nitrogen and oxygen atoms in total. The Hall–Kier alpha value is -5.99. The van der Waals surface area contributed by atoms with Gasteiger partial charge in [-0.05, 0) is 73.5 Å². The van der Waals surface area contributed by atoms with Crippen molar-refractivity contribution in [1.29, 1.82) is 0 Å². The summed E-state index contributed by atoms with van der Waals surface area (Å²) in [6.07, 6.45) is 5.57. The monoisotopic (exact) mass is 624 g/mol. The van der Waals surface area contributed by atoms with E-state index in [-0.39, 0.29) is 6.04 Å². The van der Waals surface area contributed by atoms with Gasteiger partial charge in [-0.1, -0.05) is 30.0 Å². The number of anilines is 1. The number of piperidine rings is 1. The number of H-pyrrole nitrogens is 1. The summed E-state index contributed by atoms with van der Waals surface area (Å²) in [5.74, 6) is 8.42. The number of benzene rings is 3. The van der Waals surface area contributed by atoms with Gasteiger partial charge in [0.05, 0.1) is 17.1 Å². The summed E-state index contributed by atoms with van der Waals surface area (Å²) in [5, 5.41) is 5.81. The van der Waals surface area contributed by atoms with Crippen molar-refractivity contribution in [2.45, 2.75) is 25.3 Å². The number of nitrogen functional groups attached to an aromatic ring is 1. The Balaban J connectivity index is 0.981. The highest BCUT2D eigenvalue weighted by Crippen LogP contribution is 2.35. The minimum atomic E-state index is -0.473. The van der Waals surface area contributed by atoms with Gasteiger partial charge in [0.1, 0.15) is 29.3 Å². The van der Waals surface area contributed by atoms with E-state index in [1.165, 1.54) is 23.2 Å². The largest absolute Gasteiger partial charge is 0.457 e. The van der Waals surface area contributed by atoms with Crippen LogP contribution in [0.3, 0.4) is 0 Å². The quantitative estimate of drug-likeness (QED) is 0.242. The highest BCUT2D eigenvalue weighted by Gasteiger charge is 2.26. The third-order valence-electron chi connectivity index (χ3n) is 8.28. The smallest absolute Gasteiger partial charge is 0.332 e. The third kappa shape index (κ3) is 6.54. The second-order valence-corrected chi connectivity index (χ2v) is 11.3. The van der Waals surface area contributed by atoms with E-state index >= 15 is 0 Å². The molecule has 0 unspecified atom stereocenters. The molecule has 3 aromatic heterocycles. The summed E-state index contributed by atoms with van der Waals surface area (Å²) >= 11 is 0. The lowest BCUT2D eigenvalue weighted by Crippen LogP contribution is -2.35. The van der Waals surface area contributed by atoms with Crippen LogP contribution in [-0.2, 0) is 0 Å². The Bertz CT molecular complexity index is 2190. The van der Waals surface area contributed by atoms with E-state index in [1.807, 2.05) is 83.5 Å². The van der Waals surface area contributed by atoms with Crippen LogP contribution < -0.4 is 21.7 Å². The molecular formula is C36H32N8O3. The van der Waals surface area contributed by atoms with Crippen molar-refractivity contribution >= 4 is 16.9 Å². The Morgan fingerprint density at radius 2 is 1.64 bits per heavy atom. The fourth-order valence-electron chi connectivity index (χ4n) is 5.85. The molecule has 4 heterocycles. The number of nitrogens with one attached hydrogen (secondary N) is 1. The molecule has 1 saturated heterocycles. The van der Waals surface area contributed by atoms with Crippen LogP contribution in [0.5, 0.6) is 11.5 Å². The number of para-hydroxylation sites is 1. The van der Waals surface area contributed by atoms with Crippen LogP contribution in [0.4, 0.5) is 5.82 Å². The minimum absolute atomic E-state index is 0.192. The van der Waals surface area contributed by atoms with Crippen LogP contribution in [0.1, 0.15) is 30.9 Å². The van der Waals surface area contributed by atoms with E-state index in [9.17, 15) is 9.59 Å². The molecule has 0 atom stereocenters. The zero-order valence-electron chi connectivity index (χ0n) is 25.5. The molecule has 11 heteroatoms. The molecule has 47 heavy (non-hydrogen) atoms. The normalized spacial score (nSPS) is 13.7. The predicted octanol–water partition coefficient (Wildman–Crippen LogP) is 4.79. The molecule has 6 aromatic rings. The average Bonchev–Trinajstić information content (AvgIpc) is 3.49. The number of fused-ring (bicyclic) bond motifs is 1. The fraction of sp³-hybridized carbons (Fsp3) is 0.194. The van der Waals surface area contributed by atoms with Gasteiger partial charge in [-0.3, -0.25) is 14.3 Å². The van der Waals surface area contributed by atoms with Crippen LogP contribution in [0.15, 0.2) is 107 Å². The first-order chi connectivity index (χ1) is 23.0. The molecule has 7 rings (SSSR count). The topological polar surface area (TPSA) is 137 Å². The standard InChI is InChI=1S/C36H32N8O3/c37-34-32-33(26-11-15-30(16-12-26)47-29-7-2-1-3-8-29)41-44(35(32)39-24-38-34)28-17-21-42(22-18-28)20-5-4-6-25-9-13-27(14-10-25)43-23-19-31(45)40-36(43)46/h1-3,7-16,19,23-24,28H,5,17-18,20-22H2,(H2,37,38,39)(H,40,45,46). The number of nitrogens with zero attached hydrogens (tertiary/aromatic N) is 6. The van der Waals surface area contributed by atoms with Gasteiger partial charge in [0, 0.05) is 49.4 Å². The molecule has 1 aliphatic rings. The van der Waals surface area contributed by atoms with Crippen LogP contribution in [0.2, 0.25) is 0 Å². The van der Waals surface area contributed by atoms with Crippen LogP contribution >= 0.6 is 0 Å². The van der Waals surface area contributed by atoms with E-state index in [1.54, 1.807) is 0 Å². The summed E-state index contributed by atoms with van der Waals surface area (Å²) in [4.78, 5) is 36.9. The molecule has 3 aromatic carbocycles. The summed E-state index contributed by atoms with van der Waals surface area (Å²) < 4.78 is 9.38. The van der Waals surface area contributed by atoms with E-state index < -0.39 is 11.2 Å². The Morgan fingerprint density at radius 3 is 2.38 bits per heavy atom. The zero-order chi connectivity index (χ0) is 32.2. The van der Waals surface area contributed by atoms with E-state index in [0.717, 1.165) is 78.2 Å². The summed E-state index contributed by atoms with van der Waals surface area (Å²) in [5.41, 5.74) is 9.44. The molecule has 1 fully saturated rings. The van der Waals surface area contributed by atoms with Crippen LogP contribution in [-0.4, -0.2) is 53.8 Å². The molecule has 3 N–H and O–H groups in total. The van der Waals surface area contributed by atoms with Gasteiger partial charge in [-0.2, -0.15) is 5.10 Å². The van der Waals surface area contributed by atoms with Gasteiger partial charge in [0.25, 0.3) is 5.56 Å². The molecule has 0 aliphatic carbocycles. The molecule has 0 bridgehead atoms. The summed E-state index contributed by atoms with van der Waals surface area (Å²) in [6, 6.07) is 26.4. The van der Waals surface area contributed by atoms with Crippen molar-refractivity contribution in [2.24, 2.45) is 0 Å². The maximum Gasteiger partial charge on any atom is 0.332 e. The van der Waals surface area contributed by atoms with Gasteiger partial charge >= 0.3 is 5.69 Å². The molecule has 0 radical (unpaired) electrons. The van der Waals surface area contributed by atoms with Gasteiger partial charge in [0.15, 0.2) is 5.65 Å². The predicted molar refractivity (Wildman–Crippen MR) is 181 cm³/mol. The van der Waals surface area contributed by atoms with Crippen molar-refractivity contribution in [3.63, 3.8) is 0 Å². The van der Waals surface area contributed by atoms with Crippen LogP contribution in [0.25, 0.3) is 28.0 Å². The lowest BCUT2D eigenvalue weighted by atomic mass is 10.0. The molecular weight excluding hydrogens is 592 g/mol. The van der Waals surface area contributed by atoms with Gasteiger partial charge in [-0.25, -0.2) is 19.4 Å². The van der Waals surface area contributed by atoms with E-state index in [2.05, 4.69) is 31.7 Å². The molecule has 1 aliphatic heterocycles. The molecule has 0 spiro atoms. The van der Waals surface area contributed by atoms with Crippen molar-refractivity contribution in [2.75, 3.05) is 25.4 Å². The lowest BCUT2D eigenvalue weighted by molar-refractivity contribution is 0.185. The Morgan fingerprint density at radius 1 is 0.894 bits per heavy atom. The van der Waals surface area contributed by atoms with Gasteiger partial charge in [0.2, 0.25) is 0 Å². The maximum absolute atomic E-state index is 12.0. The van der Waals surface area contributed by atoms with Gasteiger partial charge < -0.3 is 15.4 Å². The number of hydrogen-bond acceptors (Lipinski definition) is 8. The van der Waals surface area contributed by atoms with Crippen molar-refractivity contribution in [3.05, 3.63) is 124 Å². The van der Waals surface area contributed by atoms with Gasteiger partial charge in [-0.15, -0.1) is 0 Å². The highest BCUT2D eigenvalue weighted by atomic mass is 16.5. The van der Waals surface area contributed by atoms with Crippen molar-refractivity contribution in [1.82, 2.24) is 34.2 Å². The van der Waals surface area contributed by atoms with Crippen molar-refractivity contribution < 1.29 is 4.74 Å². The number of aromatic nitrogens is 6. The highest BCUT2D eigenvalue weighted by molar-refractivity contribution is 5.98. The van der Waals surface area contributed by atoms with Crippen molar-refractivity contribution in [3.8, 4) is 40.3 Å². The summed E-state index contributed by atoms with van der Waals surface area (Å²) in [7, 11) is 0. The molecule has 0 amide bonds. The average molecular weight is 625 g/mol. The van der Waals surface area contributed by atoms with E-state index in [4.69, 9.17) is 15.6 Å². The van der Waals surface area contributed by atoms with E-state index in [0.29, 0.717) is 11.5 Å². The number of aromatic amines is 1. The lowest BCUT2D eigenvalue weighted by Gasteiger charge is -2.31. The number of likely N-dealkylation sites (tertiary alicyclic amines) is 1. The maximum atomic E-state index is 12.0. The molecule has 0 saturated carbocycles. The van der Waals surface area contributed by atoms with Crippen LogP contribution in [0, 0.1) is 11.8 Å². The number of ether oxygens (including phenoxy) is 1. The number of rotatable bonds is 7. The number of nitrogens with two attached hydrogens (primary N) is 1. The third-order valence-corrected chi connectivity index (χ3v) is 8.28. The fourth-order valence-corrected chi connectivity index (χ4v) is 5.85. The first-order valence-electron chi connectivity index (χ1n) is 15.5. The minimum Gasteiger partial charge on any atom is -0.457 e. The first kappa shape index (κ1) is 29.7. The number of hydrogen-bond donors (Lipinski definition) is 2. The Kier molecular flexibility index (Phi) is 8.32. The SMILES string of the molecule is Nc1ncnc2c1c(-c1ccc(Oc3ccccc3)cc1)nn2C1CCN(CCC#Cc2ccc(-n3ccc(=O)[nH]c3=O)cc2)CC1. The second-order valence-electron chi connectivity index (χ2n) is 11.3. The Labute approximate surface area is 270 Å². The first-order valence-corrected chi connectivity index (χ1v) is 15.5. The molecule has 234 valence electrons.